The first-order valence-corrected chi connectivity index (χ1v) is 8.21. The lowest BCUT2D eigenvalue weighted by Gasteiger charge is -2.15. The number of benzene rings is 2. The molecule has 130 valence electrons. The standard InChI is InChI=1S/C16H9ClF3NO2S2/c1-23-15(22)9-2-4-11(5-3-9)25-14-12(16(18,19)20)6-10(21-8-24)7-13(14)17/h2-7H,1H3. The molecule has 0 N–H and O–H groups in total. The second-order valence-corrected chi connectivity index (χ2v) is 6.30. The van der Waals surface area contributed by atoms with Gasteiger partial charge in [-0.15, -0.1) is 0 Å². The van der Waals surface area contributed by atoms with Gasteiger partial charge < -0.3 is 4.74 Å². The number of methoxy groups -OCH3 is 1. The molecule has 0 unspecified atom stereocenters. The molecular formula is C16H9ClF3NO2S2. The van der Waals surface area contributed by atoms with E-state index >= 15 is 0 Å². The molecule has 0 aliphatic heterocycles. The van der Waals surface area contributed by atoms with Gasteiger partial charge in [0.15, 0.2) is 0 Å². The Morgan fingerprint density at radius 2 is 1.92 bits per heavy atom. The van der Waals surface area contributed by atoms with Crippen molar-refractivity contribution in [2.75, 3.05) is 7.11 Å². The minimum atomic E-state index is -4.62. The Kier molecular flexibility index (Phi) is 6.24. The minimum Gasteiger partial charge on any atom is -0.465 e. The smallest absolute Gasteiger partial charge is 0.417 e. The lowest BCUT2D eigenvalue weighted by atomic mass is 10.2. The summed E-state index contributed by atoms with van der Waals surface area (Å²) < 4.78 is 44.6. The molecule has 9 heteroatoms. The molecule has 0 fully saturated rings. The molecule has 0 bridgehead atoms. The second kappa shape index (κ2) is 8.01. The van der Waals surface area contributed by atoms with Gasteiger partial charge in [-0.3, -0.25) is 0 Å². The molecule has 0 radical (unpaired) electrons. The predicted molar refractivity (Wildman–Crippen MR) is 93.0 cm³/mol. The molecule has 0 heterocycles. The molecule has 0 spiro atoms. The fourth-order valence-electron chi connectivity index (χ4n) is 1.91. The van der Waals surface area contributed by atoms with Gasteiger partial charge in [-0.25, -0.2) is 4.79 Å². The SMILES string of the molecule is COC(=O)c1ccc(Sc2c(Cl)cc(N=C=S)cc2C(F)(F)F)cc1. The summed E-state index contributed by atoms with van der Waals surface area (Å²) >= 11 is 11.3. The van der Waals surface area contributed by atoms with E-state index in [0.717, 1.165) is 17.8 Å². The third-order valence-electron chi connectivity index (χ3n) is 3.00. The quantitative estimate of drug-likeness (QED) is 0.355. The monoisotopic (exact) mass is 403 g/mol. The van der Waals surface area contributed by atoms with Crippen LogP contribution in [0.3, 0.4) is 0 Å². The average molecular weight is 404 g/mol. The van der Waals surface area contributed by atoms with Gasteiger partial charge in [0, 0.05) is 9.79 Å². The highest BCUT2D eigenvalue weighted by molar-refractivity contribution is 7.99. The Bertz CT molecular complexity index is 848. The Hall–Kier alpha value is -1.86. The number of isothiocyanates is 1. The number of ether oxygens (including phenoxy) is 1. The van der Waals surface area contributed by atoms with Gasteiger partial charge in [0.25, 0.3) is 0 Å². The third-order valence-corrected chi connectivity index (χ3v) is 4.66. The van der Waals surface area contributed by atoms with E-state index in [2.05, 4.69) is 21.9 Å². The number of esters is 1. The van der Waals surface area contributed by atoms with E-state index < -0.39 is 17.7 Å². The molecule has 0 saturated carbocycles. The normalized spacial score (nSPS) is 10.9. The fourth-order valence-corrected chi connectivity index (χ4v) is 3.29. The molecule has 0 aliphatic carbocycles. The van der Waals surface area contributed by atoms with E-state index in [1.54, 1.807) is 0 Å². The van der Waals surface area contributed by atoms with Crippen molar-refractivity contribution in [2.24, 2.45) is 4.99 Å². The number of aliphatic imine (C=N–C) groups is 1. The van der Waals surface area contributed by atoms with Crippen molar-refractivity contribution in [3.8, 4) is 0 Å². The van der Waals surface area contributed by atoms with E-state index in [4.69, 9.17) is 11.6 Å². The second-order valence-electron chi connectivity index (χ2n) is 4.62. The lowest BCUT2D eigenvalue weighted by molar-refractivity contribution is -0.139. The molecule has 2 aromatic carbocycles. The molecule has 0 atom stereocenters. The Morgan fingerprint density at radius 3 is 2.44 bits per heavy atom. The Morgan fingerprint density at radius 1 is 1.28 bits per heavy atom. The zero-order valence-corrected chi connectivity index (χ0v) is 14.9. The van der Waals surface area contributed by atoms with Gasteiger partial charge in [0.05, 0.1) is 34.1 Å². The molecule has 0 saturated heterocycles. The minimum absolute atomic E-state index is 0.0299. The van der Waals surface area contributed by atoms with Crippen LogP contribution in [0.15, 0.2) is 51.2 Å². The maximum atomic E-state index is 13.3. The topological polar surface area (TPSA) is 38.7 Å². The van der Waals surface area contributed by atoms with Crippen LogP contribution in [0.25, 0.3) is 0 Å². The number of rotatable bonds is 4. The zero-order chi connectivity index (χ0) is 18.6. The van der Waals surface area contributed by atoms with E-state index in [1.165, 1.54) is 37.4 Å². The van der Waals surface area contributed by atoms with Gasteiger partial charge in [0.2, 0.25) is 0 Å². The van der Waals surface area contributed by atoms with Gasteiger partial charge >= 0.3 is 12.1 Å². The average Bonchev–Trinajstić information content (AvgIpc) is 2.56. The van der Waals surface area contributed by atoms with E-state index in [1.807, 2.05) is 5.16 Å². The largest absolute Gasteiger partial charge is 0.465 e. The van der Waals surface area contributed by atoms with Gasteiger partial charge in [-0.1, -0.05) is 23.4 Å². The summed E-state index contributed by atoms with van der Waals surface area (Å²) in [7, 11) is 1.24. The molecular weight excluding hydrogens is 395 g/mol. The molecule has 0 aromatic heterocycles. The first-order chi connectivity index (χ1) is 11.8. The van der Waals surface area contributed by atoms with Crippen molar-refractivity contribution >= 4 is 52.4 Å². The van der Waals surface area contributed by atoms with Crippen LogP contribution < -0.4 is 0 Å². The number of carbonyl (C=O) groups is 1. The van der Waals surface area contributed by atoms with Crippen molar-refractivity contribution in [3.63, 3.8) is 0 Å². The van der Waals surface area contributed by atoms with Gasteiger partial charge in [-0.2, -0.15) is 18.2 Å². The first-order valence-electron chi connectivity index (χ1n) is 6.61. The molecule has 3 nitrogen and oxygen atoms in total. The van der Waals surface area contributed by atoms with E-state index in [-0.39, 0.29) is 15.6 Å². The lowest BCUT2D eigenvalue weighted by Crippen LogP contribution is -2.07. The summed E-state index contributed by atoms with van der Waals surface area (Å²) in [4.78, 5) is 15.3. The summed E-state index contributed by atoms with van der Waals surface area (Å²) in [5.41, 5.74) is -0.664. The number of alkyl halides is 3. The third kappa shape index (κ3) is 4.83. The summed E-state index contributed by atoms with van der Waals surface area (Å²) in [6.07, 6.45) is -4.62. The van der Waals surface area contributed by atoms with Crippen LogP contribution in [0.2, 0.25) is 5.02 Å². The highest BCUT2D eigenvalue weighted by Crippen LogP contribution is 2.45. The molecule has 2 rings (SSSR count). The zero-order valence-electron chi connectivity index (χ0n) is 12.6. The van der Waals surface area contributed by atoms with Crippen LogP contribution in [0, 0.1) is 0 Å². The summed E-state index contributed by atoms with van der Waals surface area (Å²) in [5, 5.41) is 1.90. The van der Waals surface area contributed by atoms with Crippen molar-refractivity contribution in [1.82, 2.24) is 0 Å². The summed E-state index contributed by atoms with van der Waals surface area (Å²) in [6, 6.07) is 8.07. The van der Waals surface area contributed by atoms with Crippen molar-refractivity contribution < 1.29 is 22.7 Å². The van der Waals surface area contributed by atoms with E-state index in [9.17, 15) is 18.0 Å². The number of thiocarbonyl (C=S) groups is 1. The fraction of sp³-hybridized carbons (Fsp3) is 0.125. The van der Waals surface area contributed by atoms with Gasteiger partial charge in [0.1, 0.15) is 0 Å². The maximum Gasteiger partial charge on any atom is 0.417 e. The van der Waals surface area contributed by atoms with Crippen LogP contribution >= 0.6 is 35.6 Å². The van der Waals surface area contributed by atoms with Crippen LogP contribution in [0.5, 0.6) is 0 Å². The summed E-state index contributed by atoms with van der Waals surface area (Å²) in [6.45, 7) is 0. The Labute approximate surface area is 155 Å². The summed E-state index contributed by atoms with van der Waals surface area (Å²) in [5.74, 6) is -0.534. The van der Waals surface area contributed by atoms with E-state index in [0.29, 0.717) is 10.5 Å². The van der Waals surface area contributed by atoms with Crippen molar-refractivity contribution in [2.45, 2.75) is 16.0 Å². The number of carbonyl (C=O) groups excluding carboxylic acids is 1. The molecule has 2 aromatic rings. The maximum absolute atomic E-state index is 13.3. The van der Waals surface area contributed by atoms with Crippen LogP contribution in [0.4, 0.5) is 18.9 Å². The predicted octanol–water partition coefficient (Wildman–Crippen LogP) is 6.03. The van der Waals surface area contributed by atoms with Gasteiger partial charge in [-0.05, 0) is 48.6 Å². The number of hydrogen-bond acceptors (Lipinski definition) is 5. The highest BCUT2D eigenvalue weighted by atomic mass is 35.5. The molecule has 25 heavy (non-hydrogen) atoms. The number of halogens is 4. The van der Waals surface area contributed by atoms with Crippen LogP contribution in [-0.4, -0.2) is 18.2 Å². The van der Waals surface area contributed by atoms with Crippen LogP contribution in [-0.2, 0) is 10.9 Å². The Balaban J connectivity index is 2.44. The van der Waals surface area contributed by atoms with Crippen molar-refractivity contribution in [1.29, 1.82) is 0 Å². The molecule has 0 aliphatic rings. The molecule has 0 amide bonds. The highest BCUT2D eigenvalue weighted by Gasteiger charge is 2.35. The van der Waals surface area contributed by atoms with Crippen LogP contribution in [0.1, 0.15) is 15.9 Å². The number of nitrogens with zero attached hydrogens (tertiary/aromatic N) is 1. The van der Waals surface area contributed by atoms with Crippen molar-refractivity contribution in [3.05, 3.63) is 52.5 Å². The number of hydrogen-bond donors (Lipinski definition) is 0. The first kappa shape index (κ1) is 19.5.